The minimum Gasteiger partial charge on any atom is -0.0654 e. The van der Waals surface area contributed by atoms with Gasteiger partial charge in [-0.1, -0.05) is 75.1 Å². The molecule has 0 amide bonds. The molecule has 0 saturated heterocycles. The van der Waals surface area contributed by atoms with Crippen molar-refractivity contribution in [3.63, 3.8) is 0 Å². The van der Waals surface area contributed by atoms with Crippen LogP contribution in [0.2, 0.25) is 0 Å². The van der Waals surface area contributed by atoms with Gasteiger partial charge < -0.3 is 0 Å². The molecule has 0 aromatic heterocycles. The van der Waals surface area contributed by atoms with Gasteiger partial charge >= 0.3 is 0 Å². The van der Waals surface area contributed by atoms with Gasteiger partial charge in [-0.2, -0.15) is 0 Å². The molecule has 1 aliphatic carbocycles. The van der Waals surface area contributed by atoms with Gasteiger partial charge in [0.25, 0.3) is 0 Å². The molecule has 0 spiro atoms. The SMILES string of the molecule is [CH2]C(CCCCCC)c1cccc2c1Cc1ccccc1-2. The summed E-state index contributed by atoms with van der Waals surface area (Å²) in [6.45, 7) is 6.71. The molecule has 0 heterocycles. The summed E-state index contributed by atoms with van der Waals surface area (Å²) in [6, 6.07) is 15.6. The maximum atomic E-state index is 4.45. The van der Waals surface area contributed by atoms with Crippen molar-refractivity contribution in [3.8, 4) is 11.1 Å². The Morgan fingerprint density at radius 1 is 0.952 bits per heavy atom. The van der Waals surface area contributed by atoms with E-state index in [2.05, 4.69) is 56.3 Å². The topological polar surface area (TPSA) is 0 Å². The molecule has 0 fully saturated rings. The largest absolute Gasteiger partial charge is 0.0654 e. The first-order valence-corrected chi connectivity index (χ1v) is 8.34. The smallest absolute Gasteiger partial charge is 0.00106 e. The van der Waals surface area contributed by atoms with Crippen molar-refractivity contribution in [3.05, 3.63) is 66.1 Å². The molecule has 0 heteroatoms. The van der Waals surface area contributed by atoms with Gasteiger partial charge in [-0.25, -0.2) is 0 Å². The summed E-state index contributed by atoms with van der Waals surface area (Å²) in [6.07, 6.45) is 7.61. The zero-order chi connectivity index (χ0) is 14.7. The summed E-state index contributed by atoms with van der Waals surface area (Å²) in [5.41, 5.74) is 7.32. The lowest BCUT2D eigenvalue weighted by Crippen LogP contribution is -1.99. The van der Waals surface area contributed by atoms with Crippen LogP contribution >= 0.6 is 0 Å². The van der Waals surface area contributed by atoms with Gasteiger partial charge in [-0.15, -0.1) is 0 Å². The zero-order valence-electron chi connectivity index (χ0n) is 13.1. The number of hydrogen-bond donors (Lipinski definition) is 0. The highest BCUT2D eigenvalue weighted by Gasteiger charge is 2.22. The second-order valence-corrected chi connectivity index (χ2v) is 6.25. The Kier molecular flexibility index (Phi) is 4.43. The van der Waals surface area contributed by atoms with Gasteiger partial charge in [0.1, 0.15) is 0 Å². The fourth-order valence-electron chi connectivity index (χ4n) is 3.54. The van der Waals surface area contributed by atoms with Crippen LogP contribution in [0.25, 0.3) is 11.1 Å². The molecular weight excluding hydrogens is 252 g/mol. The van der Waals surface area contributed by atoms with E-state index in [1.807, 2.05) is 0 Å². The number of unbranched alkanes of at least 4 members (excludes halogenated alkanes) is 3. The van der Waals surface area contributed by atoms with Crippen LogP contribution in [-0.2, 0) is 6.42 Å². The fraction of sp³-hybridized carbons (Fsp3) is 0.381. The van der Waals surface area contributed by atoms with Crippen LogP contribution in [0, 0.1) is 6.92 Å². The molecule has 1 aliphatic rings. The van der Waals surface area contributed by atoms with Gasteiger partial charge in [0.15, 0.2) is 0 Å². The van der Waals surface area contributed by atoms with Crippen molar-refractivity contribution in [2.75, 3.05) is 0 Å². The summed E-state index contributed by atoms with van der Waals surface area (Å²) in [4.78, 5) is 0. The van der Waals surface area contributed by atoms with Crippen LogP contribution in [0.5, 0.6) is 0 Å². The highest BCUT2D eigenvalue weighted by Crippen LogP contribution is 2.40. The van der Waals surface area contributed by atoms with Crippen LogP contribution in [0.3, 0.4) is 0 Å². The first kappa shape index (κ1) is 14.4. The highest BCUT2D eigenvalue weighted by atomic mass is 14.3. The third-order valence-corrected chi connectivity index (χ3v) is 4.73. The molecule has 1 unspecified atom stereocenters. The number of benzene rings is 2. The van der Waals surface area contributed by atoms with E-state index in [1.165, 1.54) is 59.9 Å². The molecule has 0 bridgehead atoms. The minimum absolute atomic E-state index is 0.436. The summed E-state index contributed by atoms with van der Waals surface area (Å²) in [5.74, 6) is 0.436. The predicted octanol–water partition coefficient (Wildman–Crippen LogP) is 6.15. The summed E-state index contributed by atoms with van der Waals surface area (Å²) in [5, 5.41) is 0. The normalized spacial score (nSPS) is 13.8. The molecule has 109 valence electrons. The van der Waals surface area contributed by atoms with Crippen LogP contribution < -0.4 is 0 Å². The Morgan fingerprint density at radius 3 is 2.62 bits per heavy atom. The maximum Gasteiger partial charge on any atom is -0.00106 e. The van der Waals surface area contributed by atoms with Crippen LogP contribution in [0.15, 0.2) is 42.5 Å². The van der Waals surface area contributed by atoms with Gasteiger partial charge in [-0.3, -0.25) is 0 Å². The van der Waals surface area contributed by atoms with Gasteiger partial charge in [0, 0.05) is 0 Å². The third-order valence-electron chi connectivity index (χ3n) is 4.73. The van der Waals surface area contributed by atoms with E-state index in [0.717, 1.165) is 6.42 Å². The van der Waals surface area contributed by atoms with E-state index in [4.69, 9.17) is 0 Å². The van der Waals surface area contributed by atoms with E-state index >= 15 is 0 Å². The van der Waals surface area contributed by atoms with E-state index in [9.17, 15) is 0 Å². The third kappa shape index (κ3) is 2.90. The summed E-state index contributed by atoms with van der Waals surface area (Å²) < 4.78 is 0. The predicted molar refractivity (Wildman–Crippen MR) is 91.5 cm³/mol. The van der Waals surface area contributed by atoms with Gasteiger partial charge in [0.05, 0.1) is 0 Å². The number of rotatable bonds is 6. The Hall–Kier alpha value is -1.56. The minimum atomic E-state index is 0.436. The number of fused-ring (bicyclic) bond motifs is 3. The lowest BCUT2D eigenvalue weighted by molar-refractivity contribution is 0.601. The molecule has 0 saturated carbocycles. The first-order chi connectivity index (χ1) is 10.3. The standard InChI is InChI=1S/C21H25/c1-3-4-5-6-10-16(2)18-13-9-14-20-19-12-8-7-11-17(19)15-21(18)20/h7-9,11-14,16H,2-6,10,15H2,1H3. The highest BCUT2D eigenvalue weighted by molar-refractivity contribution is 5.78. The average Bonchev–Trinajstić information content (AvgIpc) is 2.90. The van der Waals surface area contributed by atoms with Crippen LogP contribution in [-0.4, -0.2) is 0 Å². The quantitative estimate of drug-likeness (QED) is 0.474. The van der Waals surface area contributed by atoms with Crippen LogP contribution in [0.4, 0.5) is 0 Å². The molecule has 21 heavy (non-hydrogen) atoms. The van der Waals surface area contributed by atoms with Crippen molar-refractivity contribution >= 4 is 0 Å². The lowest BCUT2D eigenvalue weighted by Gasteiger charge is -2.16. The van der Waals surface area contributed by atoms with Crippen LogP contribution in [0.1, 0.15) is 61.6 Å². The molecule has 2 aromatic carbocycles. The monoisotopic (exact) mass is 277 g/mol. The molecular formula is C21H25. The zero-order valence-corrected chi connectivity index (χ0v) is 13.1. The molecule has 3 rings (SSSR count). The van der Waals surface area contributed by atoms with Gasteiger partial charge in [0.2, 0.25) is 0 Å². The molecule has 0 N–H and O–H groups in total. The van der Waals surface area contributed by atoms with E-state index in [0.29, 0.717) is 5.92 Å². The summed E-state index contributed by atoms with van der Waals surface area (Å²) >= 11 is 0. The molecule has 1 atom stereocenters. The Balaban J connectivity index is 1.80. The van der Waals surface area contributed by atoms with Crippen molar-refractivity contribution < 1.29 is 0 Å². The van der Waals surface area contributed by atoms with E-state index in [-0.39, 0.29) is 0 Å². The van der Waals surface area contributed by atoms with Crippen molar-refractivity contribution in [2.24, 2.45) is 0 Å². The van der Waals surface area contributed by atoms with E-state index in [1.54, 1.807) is 0 Å². The first-order valence-electron chi connectivity index (χ1n) is 8.34. The Labute approximate surface area is 129 Å². The second-order valence-electron chi connectivity index (χ2n) is 6.25. The molecule has 0 aliphatic heterocycles. The average molecular weight is 277 g/mol. The fourth-order valence-corrected chi connectivity index (χ4v) is 3.54. The van der Waals surface area contributed by atoms with E-state index < -0.39 is 0 Å². The van der Waals surface area contributed by atoms with Crippen molar-refractivity contribution in [1.29, 1.82) is 0 Å². The van der Waals surface area contributed by atoms with Gasteiger partial charge in [-0.05, 0) is 53.5 Å². The molecule has 0 nitrogen and oxygen atoms in total. The maximum absolute atomic E-state index is 4.45. The second kappa shape index (κ2) is 6.47. The lowest BCUT2D eigenvalue weighted by atomic mass is 9.89. The number of hydrogen-bond acceptors (Lipinski definition) is 0. The molecule has 1 radical (unpaired) electrons. The Morgan fingerprint density at radius 2 is 1.76 bits per heavy atom. The van der Waals surface area contributed by atoms with Crippen molar-refractivity contribution in [1.82, 2.24) is 0 Å². The Bertz CT molecular complexity index is 609. The summed E-state index contributed by atoms with van der Waals surface area (Å²) in [7, 11) is 0. The molecule has 2 aromatic rings. The van der Waals surface area contributed by atoms with Crippen molar-refractivity contribution in [2.45, 2.75) is 51.4 Å².